The van der Waals surface area contributed by atoms with Crippen LogP contribution in [-0.4, -0.2) is 34.2 Å². The van der Waals surface area contributed by atoms with Crippen molar-refractivity contribution in [2.75, 3.05) is 24.5 Å². The van der Waals surface area contributed by atoms with Crippen molar-refractivity contribution in [3.63, 3.8) is 0 Å². The predicted octanol–water partition coefficient (Wildman–Crippen LogP) is 2.38. The average Bonchev–Trinajstić information content (AvgIpc) is 3.05. The topological polar surface area (TPSA) is 83.8 Å². The van der Waals surface area contributed by atoms with Gasteiger partial charge in [-0.3, -0.25) is 4.98 Å². The van der Waals surface area contributed by atoms with Gasteiger partial charge in [0.25, 0.3) is 0 Å². The van der Waals surface area contributed by atoms with Crippen molar-refractivity contribution in [2.45, 2.75) is 13.5 Å². The summed E-state index contributed by atoms with van der Waals surface area (Å²) >= 11 is 0. The fraction of sp³-hybridized carbons (Fsp3) is 0.381. The maximum atomic E-state index is 8.99. The Morgan fingerprint density at radius 2 is 2.15 bits per heavy atom. The molecule has 2 aliphatic rings. The van der Waals surface area contributed by atoms with Gasteiger partial charge in [0.2, 0.25) is 5.95 Å². The molecule has 0 radical (unpaired) electrons. The number of anilines is 1. The zero-order valence-corrected chi connectivity index (χ0v) is 15.3. The van der Waals surface area contributed by atoms with E-state index in [9.17, 15) is 0 Å². The predicted molar refractivity (Wildman–Crippen MR) is 104 cm³/mol. The second-order valence-corrected chi connectivity index (χ2v) is 7.85. The molecule has 1 unspecified atom stereocenters. The molecule has 6 heteroatoms. The van der Waals surface area contributed by atoms with Crippen LogP contribution in [0.5, 0.6) is 0 Å². The highest BCUT2D eigenvalue weighted by Crippen LogP contribution is 2.62. The monoisotopic (exact) mass is 358 g/mol. The van der Waals surface area contributed by atoms with E-state index in [-0.39, 0.29) is 5.41 Å². The summed E-state index contributed by atoms with van der Waals surface area (Å²) in [6.45, 7) is 5.68. The molecule has 2 aromatic heterocycles. The first-order valence-corrected chi connectivity index (χ1v) is 9.41. The fourth-order valence-electron chi connectivity index (χ4n) is 4.82. The van der Waals surface area contributed by atoms with E-state index in [1.54, 1.807) is 6.20 Å². The highest BCUT2D eigenvalue weighted by atomic mass is 15.3. The molecular formula is C21H22N6. The van der Waals surface area contributed by atoms with Gasteiger partial charge in [0.15, 0.2) is 0 Å². The van der Waals surface area contributed by atoms with E-state index in [4.69, 9.17) is 16.0 Å². The molecule has 1 saturated heterocycles. The van der Waals surface area contributed by atoms with Gasteiger partial charge in [0.05, 0.1) is 28.8 Å². The van der Waals surface area contributed by atoms with Gasteiger partial charge in [-0.15, -0.1) is 0 Å². The van der Waals surface area contributed by atoms with Gasteiger partial charge in [-0.05, 0) is 36.1 Å². The molecule has 2 fully saturated rings. The second-order valence-electron chi connectivity index (χ2n) is 7.85. The lowest BCUT2D eigenvalue weighted by Crippen LogP contribution is -2.32. The molecule has 5 rings (SSSR count). The number of pyridine rings is 1. The van der Waals surface area contributed by atoms with Crippen LogP contribution in [-0.2, 0) is 6.54 Å². The van der Waals surface area contributed by atoms with Gasteiger partial charge in [-0.1, -0.05) is 19.1 Å². The molecule has 3 atom stereocenters. The molecule has 1 aliphatic carbocycles. The summed E-state index contributed by atoms with van der Waals surface area (Å²) in [6, 6.07) is 14.1. The number of hydrogen-bond donors (Lipinski definition) is 1. The van der Waals surface area contributed by atoms with Gasteiger partial charge in [0, 0.05) is 31.2 Å². The molecule has 6 nitrogen and oxygen atoms in total. The summed E-state index contributed by atoms with van der Waals surface area (Å²) in [5.41, 5.74) is 9.97. The maximum Gasteiger partial charge on any atom is 0.206 e. The third-order valence-electron chi connectivity index (χ3n) is 6.61. The first-order chi connectivity index (χ1) is 13.2. The summed E-state index contributed by atoms with van der Waals surface area (Å²) in [6.07, 6.45) is 1.63. The number of piperidine rings is 1. The van der Waals surface area contributed by atoms with Crippen LogP contribution in [0.4, 0.5) is 5.95 Å². The lowest BCUT2D eigenvalue weighted by Gasteiger charge is -2.24. The summed E-state index contributed by atoms with van der Waals surface area (Å²) in [5, 5.41) is 8.99. The van der Waals surface area contributed by atoms with E-state index in [0.29, 0.717) is 23.9 Å². The summed E-state index contributed by atoms with van der Waals surface area (Å²) in [5.74, 6) is 2.37. The number of aromatic nitrogens is 3. The number of hydrogen-bond acceptors (Lipinski definition) is 5. The molecule has 0 bridgehead atoms. The van der Waals surface area contributed by atoms with Crippen molar-refractivity contribution in [1.29, 1.82) is 5.26 Å². The quantitative estimate of drug-likeness (QED) is 0.774. The van der Waals surface area contributed by atoms with Crippen molar-refractivity contribution >= 4 is 17.0 Å². The molecule has 1 saturated carbocycles. The Morgan fingerprint density at radius 3 is 2.85 bits per heavy atom. The molecule has 27 heavy (non-hydrogen) atoms. The molecule has 3 heterocycles. The van der Waals surface area contributed by atoms with Crippen LogP contribution in [0.3, 0.4) is 0 Å². The Hall–Kier alpha value is -2.91. The zero-order chi connectivity index (χ0) is 18.6. The number of benzene rings is 1. The van der Waals surface area contributed by atoms with E-state index in [1.807, 2.05) is 24.3 Å². The minimum Gasteiger partial charge on any atom is -0.341 e. The van der Waals surface area contributed by atoms with Crippen molar-refractivity contribution < 1.29 is 0 Å². The van der Waals surface area contributed by atoms with Gasteiger partial charge in [0.1, 0.15) is 6.07 Å². The SMILES string of the molecule is C[C@@H]1C2CN(c3nc4ccccc4n3Cc3ccc(C#N)cn3)C[C@@]21CN. The molecule has 136 valence electrons. The van der Waals surface area contributed by atoms with E-state index < -0.39 is 0 Å². The highest BCUT2D eigenvalue weighted by molar-refractivity contribution is 5.79. The molecule has 0 amide bonds. The number of para-hydroxylation sites is 2. The highest BCUT2D eigenvalue weighted by Gasteiger charge is 2.66. The average molecular weight is 358 g/mol. The number of rotatable bonds is 4. The Balaban J connectivity index is 1.53. The van der Waals surface area contributed by atoms with Crippen LogP contribution in [0.2, 0.25) is 0 Å². The van der Waals surface area contributed by atoms with Crippen LogP contribution in [0.15, 0.2) is 42.6 Å². The second kappa shape index (κ2) is 5.80. The standard InChI is InChI=1S/C21H22N6/c1-14-17-11-26(13-21(14,17)12-23)20-25-18-4-2-3-5-19(18)27(20)10-16-7-6-15(8-22)9-24-16/h2-7,9,14,17H,10-13,23H2,1H3/t14-,17?,21-/m1/s1. The third kappa shape index (κ3) is 2.35. The largest absolute Gasteiger partial charge is 0.341 e. The smallest absolute Gasteiger partial charge is 0.206 e. The lowest BCUT2D eigenvalue weighted by molar-refractivity contribution is 0.495. The van der Waals surface area contributed by atoms with E-state index in [2.05, 4.69) is 39.6 Å². The summed E-state index contributed by atoms with van der Waals surface area (Å²) in [4.78, 5) is 11.8. The number of nitriles is 1. The van der Waals surface area contributed by atoms with Crippen LogP contribution < -0.4 is 10.6 Å². The van der Waals surface area contributed by atoms with Crippen LogP contribution in [0.1, 0.15) is 18.2 Å². The normalized spacial score (nSPS) is 26.2. The van der Waals surface area contributed by atoms with Crippen LogP contribution in [0, 0.1) is 28.6 Å². The first kappa shape index (κ1) is 16.3. The third-order valence-corrected chi connectivity index (χ3v) is 6.61. The molecule has 0 spiro atoms. The van der Waals surface area contributed by atoms with Gasteiger partial charge in [-0.2, -0.15) is 5.26 Å². The number of imidazole rings is 1. The van der Waals surface area contributed by atoms with Crippen LogP contribution >= 0.6 is 0 Å². The van der Waals surface area contributed by atoms with E-state index >= 15 is 0 Å². The zero-order valence-electron chi connectivity index (χ0n) is 15.3. The Bertz CT molecular complexity index is 1050. The number of fused-ring (bicyclic) bond motifs is 2. The molecule has 1 aliphatic heterocycles. The molecule has 3 aromatic rings. The fourth-order valence-corrected chi connectivity index (χ4v) is 4.82. The van der Waals surface area contributed by atoms with Crippen molar-refractivity contribution in [1.82, 2.24) is 14.5 Å². The lowest BCUT2D eigenvalue weighted by atomic mass is 10.1. The number of nitrogens with zero attached hydrogens (tertiary/aromatic N) is 5. The Labute approximate surface area is 158 Å². The van der Waals surface area contributed by atoms with Crippen molar-refractivity contribution in [3.05, 3.63) is 53.9 Å². The van der Waals surface area contributed by atoms with Crippen molar-refractivity contribution in [2.24, 2.45) is 23.0 Å². The summed E-state index contributed by atoms with van der Waals surface area (Å²) < 4.78 is 2.24. The number of nitrogens with two attached hydrogens (primary N) is 1. The minimum absolute atomic E-state index is 0.260. The van der Waals surface area contributed by atoms with Gasteiger partial charge >= 0.3 is 0 Å². The van der Waals surface area contributed by atoms with E-state index in [1.165, 1.54) is 0 Å². The molecular weight excluding hydrogens is 336 g/mol. The van der Waals surface area contributed by atoms with Crippen molar-refractivity contribution in [3.8, 4) is 6.07 Å². The molecule has 2 N–H and O–H groups in total. The minimum atomic E-state index is 0.260. The summed E-state index contributed by atoms with van der Waals surface area (Å²) in [7, 11) is 0. The van der Waals surface area contributed by atoms with Gasteiger partial charge in [-0.25, -0.2) is 4.98 Å². The van der Waals surface area contributed by atoms with Crippen LogP contribution in [0.25, 0.3) is 11.0 Å². The maximum absolute atomic E-state index is 8.99. The van der Waals surface area contributed by atoms with E-state index in [0.717, 1.165) is 42.3 Å². The first-order valence-electron chi connectivity index (χ1n) is 9.41. The van der Waals surface area contributed by atoms with Gasteiger partial charge < -0.3 is 15.2 Å². The Morgan fingerprint density at radius 1 is 1.30 bits per heavy atom. The Kier molecular flexibility index (Phi) is 3.49. The molecule has 1 aromatic carbocycles.